The first-order chi connectivity index (χ1) is 9.31. The highest BCUT2D eigenvalue weighted by Crippen LogP contribution is 2.57. The second kappa shape index (κ2) is 5.61. The van der Waals surface area contributed by atoms with Gasteiger partial charge in [-0.25, -0.2) is 0 Å². The van der Waals surface area contributed by atoms with Crippen LogP contribution in [-0.2, 0) is 0 Å². The molecule has 0 radical (unpaired) electrons. The van der Waals surface area contributed by atoms with Crippen LogP contribution >= 0.6 is 0 Å². The zero-order valence-corrected chi connectivity index (χ0v) is 13.9. The second-order valence-electron chi connectivity index (χ2n) is 7.96. The zero-order valence-electron chi connectivity index (χ0n) is 13.9. The van der Waals surface area contributed by atoms with E-state index >= 15 is 0 Å². The van der Waals surface area contributed by atoms with Crippen LogP contribution in [0, 0.1) is 17.3 Å². The standard InChI is InChI=1S/C18H34O2/c1-5-17(6-2,7-3)13-18(20)12-16(4,19)15(18)11-14-9-8-10-14/h14-15,19-20H,5-13H2,1-4H3/t15?,16?,18-/m0/s1. The van der Waals surface area contributed by atoms with Crippen molar-refractivity contribution < 1.29 is 10.2 Å². The Morgan fingerprint density at radius 3 is 1.95 bits per heavy atom. The van der Waals surface area contributed by atoms with E-state index in [-0.39, 0.29) is 11.3 Å². The van der Waals surface area contributed by atoms with Crippen LogP contribution in [-0.4, -0.2) is 21.4 Å². The summed E-state index contributed by atoms with van der Waals surface area (Å²) in [6, 6.07) is 0. The highest BCUT2D eigenvalue weighted by atomic mass is 16.3. The summed E-state index contributed by atoms with van der Waals surface area (Å²) in [4.78, 5) is 0. The Labute approximate surface area is 125 Å². The van der Waals surface area contributed by atoms with Crippen LogP contribution in [0.5, 0.6) is 0 Å². The lowest BCUT2D eigenvalue weighted by Gasteiger charge is -2.60. The topological polar surface area (TPSA) is 40.5 Å². The molecule has 2 rings (SSSR count). The summed E-state index contributed by atoms with van der Waals surface area (Å²) in [7, 11) is 0. The molecule has 0 amide bonds. The van der Waals surface area contributed by atoms with Crippen molar-refractivity contribution in [1.29, 1.82) is 0 Å². The van der Waals surface area contributed by atoms with Gasteiger partial charge in [-0.05, 0) is 31.1 Å². The number of rotatable bonds is 7. The number of hydrogen-bond acceptors (Lipinski definition) is 2. The first-order valence-electron chi connectivity index (χ1n) is 8.75. The van der Waals surface area contributed by atoms with Crippen molar-refractivity contribution in [3.63, 3.8) is 0 Å². The smallest absolute Gasteiger partial charge is 0.0735 e. The van der Waals surface area contributed by atoms with Crippen LogP contribution in [0.3, 0.4) is 0 Å². The van der Waals surface area contributed by atoms with Gasteiger partial charge in [-0.2, -0.15) is 0 Å². The molecule has 3 atom stereocenters. The van der Waals surface area contributed by atoms with E-state index in [0.29, 0.717) is 6.42 Å². The van der Waals surface area contributed by atoms with E-state index in [1.54, 1.807) is 0 Å². The van der Waals surface area contributed by atoms with E-state index in [2.05, 4.69) is 20.8 Å². The Bertz CT molecular complexity index is 320. The molecule has 2 fully saturated rings. The number of aliphatic hydroxyl groups is 2. The molecule has 0 bridgehead atoms. The van der Waals surface area contributed by atoms with Crippen LogP contribution in [0.1, 0.15) is 85.5 Å². The molecule has 0 spiro atoms. The fraction of sp³-hybridized carbons (Fsp3) is 1.00. The molecule has 2 nitrogen and oxygen atoms in total. The third-order valence-electron chi connectivity index (χ3n) is 6.79. The van der Waals surface area contributed by atoms with E-state index in [1.807, 2.05) is 6.92 Å². The van der Waals surface area contributed by atoms with Gasteiger partial charge in [-0.15, -0.1) is 0 Å². The minimum atomic E-state index is -0.648. The maximum Gasteiger partial charge on any atom is 0.0735 e. The van der Waals surface area contributed by atoms with Crippen LogP contribution in [0.15, 0.2) is 0 Å². The molecule has 0 aromatic rings. The molecule has 118 valence electrons. The highest BCUT2D eigenvalue weighted by molar-refractivity contribution is 5.12. The van der Waals surface area contributed by atoms with Crippen molar-refractivity contribution in [2.24, 2.45) is 17.3 Å². The summed E-state index contributed by atoms with van der Waals surface area (Å²) < 4.78 is 0. The molecule has 0 aromatic heterocycles. The summed E-state index contributed by atoms with van der Waals surface area (Å²) >= 11 is 0. The molecule has 0 heterocycles. The van der Waals surface area contributed by atoms with E-state index < -0.39 is 11.2 Å². The maximum atomic E-state index is 11.1. The van der Waals surface area contributed by atoms with Gasteiger partial charge in [-0.1, -0.05) is 59.3 Å². The van der Waals surface area contributed by atoms with E-state index in [0.717, 1.165) is 38.0 Å². The first kappa shape index (κ1) is 16.3. The van der Waals surface area contributed by atoms with Gasteiger partial charge >= 0.3 is 0 Å². The minimum Gasteiger partial charge on any atom is -0.390 e. The summed E-state index contributed by atoms with van der Waals surface area (Å²) in [5, 5.41) is 21.7. The molecule has 0 aromatic carbocycles. The fourth-order valence-electron chi connectivity index (χ4n) is 4.81. The van der Waals surface area contributed by atoms with Gasteiger partial charge in [0.15, 0.2) is 0 Å². The monoisotopic (exact) mass is 282 g/mol. The van der Waals surface area contributed by atoms with Crippen molar-refractivity contribution in [2.45, 2.75) is 96.7 Å². The molecule has 2 unspecified atom stereocenters. The molecule has 2 saturated carbocycles. The van der Waals surface area contributed by atoms with Crippen molar-refractivity contribution >= 4 is 0 Å². The molecular weight excluding hydrogens is 248 g/mol. The Balaban J connectivity index is 2.07. The van der Waals surface area contributed by atoms with Gasteiger partial charge in [-0.3, -0.25) is 0 Å². The van der Waals surface area contributed by atoms with Crippen molar-refractivity contribution in [3.8, 4) is 0 Å². The first-order valence-corrected chi connectivity index (χ1v) is 8.75. The Kier molecular flexibility index (Phi) is 4.57. The Hall–Kier alpha value is -0.0800. The lowest BCUT2D eigenvalue weighted by Crippen LogP contribution is -2.66. The predicted molar refractivity (Wildman–Crippen MR) is 83.6 cm³/mol. The van der Waals surface area contributed by atoms with Gasteiger partial charge in [0.25, 0.3) is 0 Å². The second-order valence-corrected chi connectivity index (χ2v) is 7.96. The zero-order chi connectivity index (χ0) is 15.0. The molecular formula is C18H34O2. The largest absolute Gasteiger partial charge is 0.390 e. The molecule has 0 saturated heterocycles. The average Bonchev–Trinajstić information content (AvgIpc) is 2.33. The van der Waals surface area contributed by atoms with Crippen molar-refractivity contribution in [1.82, 2.24) is 0 Å². The Morgan fingerprint density at radius 1 is 1.05 bits per heavy atom. The van der Waals surface area contributed by atoms with Gasteiger partial charge < -0.3 is 10.2 Å². The molecule has 0 aliphatic heterocycles. The summed E-state index contributed by atoms with van der Waals surface area (Å²) in [5.41, 5.74) is -1.02. The lowest BCUT2D eigenvalue weighted by molar-refractivity contribution is -0.250. The summed E-state index contributed by atoms with van der Waals surface area (Å²) in [5.74, 6) is 0.835. The van der Waals surface area contributed by atoms with Gasteiger partial charge in [0.1, 0.15) is 0 Å². The third-order valence-corrected chi connectivity index (χ3v) is 6.79. The van der Waals surface area contributed by atoms with E-state index in [4.69, 9.17) is 0 Å². The van der Waals surface area contributed by atoms with E-state index in [9.17, 15) is 10.2 Å². The fourth-order valence-corrected chi connectivity index (χ4v) is 4.81. The molecule has 2 aliphatic carbocycles. The highest BCUT2D eigenvalue weighted by Gasteiger charge is 2.61. The maximum absolute atomic E-state index is 11.1. The van der Waals surface area contributed by atoms with Crippen molar-refractivity contribution in [2.75, 3.05) is 0 Å². The average molecular weight is 282 g/mol. The van der Waals surface area contributed by atoms with Gasteiger partial charge in [0.2, 0.25) is 0 Å². The lowest BCUT2D eigenvalue weighted by atomic mass is 9.51. The third kappa shape index (κ3) is 2.78. The Morgan fingerprint density at radius 2 is 1.60 bits per heavy atom. The van der Waals surface area contributed by atoms with Crippen LogP contribution in [0.25, 0.3) is 0 Å². The quantitative estimate of drug-likeness (QED) is 0.731. The molecule has 2 aliphatic rings. The summed E-state index contributed by atoms with van der Waals surface area (Å²) in [6.45, 7) is 8.66. The minimum absolute atomic E-state index is 0.0873. The predicted octanol–water partition coefficient (Wildman–Crippen LogP) is 4.29. The molecule has 2 N–H and O–H groups in total. The van der Waals surface area contributed by atoms with Crippen LogP contribution in [0.2, 0.25) is 0 Å². The SMILES string of the molecule is CCC(CC)(CC)C[C@@]1(O)CC(C)(O)C1CC1CCC1. The summed E-state index contributed by atoms with van der Waals surface area (Å²) in [6.07, 6.45) is 9.77. The van der Waals surface area contributed by atoms with Crippen LogP contribution < -0.4 is 0 Å². The number of hydrogen-bond donors (Lipinski definition) is 2. The van der Waals surface area contributed by atoms with Crippen LogP contribution in [0.4, 0.5) is 0 Å². The molecule has 20 heavy (non-hydrogen) atoms. The normalized spacial score (nSPS) is 38.4. The van der Waals surface area contributed by atoms with Crippen molar-refractivity contribution in [3.05, 3.63) is 0 Å². The van der Waals surface area contributed by atoms with Gasteiger partial charge in [0, 0.05) is 12.3 Å². The molecule has 2 heteroatoms. The van der Waals surface area contributed by atoms with E-state index in [1.165, 1.54) is 19.3 Å². The van der Waals surface area contributed by atoms with Gasteiger partial charge in [0.05, 0.1) is 11.2 Å².